The fourth-order valence-corrected chi connectivity index (χ4v) is 3.20. The Hall–Kier alpha value is -1.34. The maximum Gasteiger partial charge on any atom is 0.416 e. The summed E-state index contributed by atoms with van der Waals surface area (Å²) in [7, 11) is 0. The Morgan fingerprint density at radius 1 is 1.38 bits per heavy atom. The molecule has 2 fully saturated rings. The topological polar surface area (TPSA) is 48.4 Å². The molecule has 1 aromatic heterocycles. The zero-order chi connectivity index (χ0) is 15.1. The lowest BCUT2D eigenvalue weighted by Gasteiger charge is -2.47. The highest BCUT2D eigenvalue weighted by atomic mass is 19.4. The van der Waals surface area contributed by atoms with Crippen LogP contribution in [0.25, 0.3) is 0 Å². The number of aromatic nitrogens is 1. The molecule has 2 aliphatic heterocycles. The highest BCUT2D eigenvalue weighted by molar-refractivity contribution is 5.43. The lowest BCUT2D eigenvalue weighted by Crippen LogP contribution is -2.59. The molecular weight excluding hydrogens is 283 g/mol. The highest BCUT2D eigenvalue weighted by Crippen LogP contribution is 2.36. The molecule has 2 N–H and O–H groups in total. The summed E-state index contributed by atoms with van der Waals surface area (Å²) in [6.45, 7) is 2.53. The predicted molar refractivity (Wildman–Crippen MR) is 72.0 cm³/mol. The van der Waals surface area contributed by atoms with E-state index in [0.29, 0.717) is 38.3 Å². The molecule has 0 amide bonds. The number of rotatable bonds is 1. The fourth-order valence-electron chi connectivity index (χ4n) is 3.20. The van der Waals surface area contributed by atoms with Gasteiger partial charge in [-0.2, -0.15) is 13.2 Å². The number of hydrogen-bond donors (Lipinski definition) is 2. The van der Waals surface area contributed by atoms with Crippen LogP contribution in [-0.2, 0) is 6.18 Å². The molecular formula is C14H18F3N3O. The SMILES string of the molecule is O[C@]12CCNC[C@H]1CN(c1cc(C(F)(F)F)ccn1)CC2. The molecule has 0 saturated carbocycles. The van der Waals surface area contributed by atoms with Crippen molar-refractivity contribution in [3.05, 3.63) is 23.9 Å². The lowest BCUT2D eigenvalue weighted by atomic mass is 9.76. The number of nitrogens with one attached hydrogen (secondary N) is 1. The Labute approximate surface area is 121 Å². The first kappa shape index (κ1) is 14.6. The van der Waals surface area contributed by atoms with E-state index in [0.717, 1.165) is 18.7 Å². The predicted octanol–water partition coefficient (Wildman–Crippen LogP) is 1.65. The van der Waals surface area contributed by atoms with E-state index in [1.165, 1.54) is 6.20 Å². The molecule has 3 rings (SSSR count). The number of alkyl halides is 3. The smallest absolute Gasteiger partial charge is 0.389 e. The molecule has 2 saturated heterocycles. The summed E-state index contributed by atoms with van der Waals surface area (Å²) >= 11 is 0. The molecule has 4 nitrogen and oxygen atoms in total. The first-order valence-corrected chi connectivity index (χ1v) is 7.10. The minimum atomic E-state index is -4.36. The van der Waals surface area contributed by atoms with Crippen molar-refractivity contribution >= 4 is 5.82 Å². The summed E-state index contributed by atoms with van der Waals surface area (Å²) in [5, 5.41) is 13.8. The van der Waals surface area contributed by atoms with Crippen LogP contribution in [0.5, 0.6) is 0 Å². The van der Waals surface area contributed by atoms with Crippen LogP contribution in [0.3, 0.4) is 0 Å². The van der Waals surface area contributed by atoms with E-state index < -0.39 is 17.3 Å². The Morgan fingerprint density at radius 2 is 2.19 bits per heavy atom. The third-order valence-electron chi connectivity index (χ3n) is 4.54. The quantitative estimate of drug-likeness (QED) is 0.828. The molecule has 3 heterocycles. The van der Waals surface area contributed by atoms with Crippen molar-refractivity contribution in [3.63, 3.8) is 0 Å². The van der Waals surface area contributed by atoms with Crippen molar-refractivity contribution in [3.8, 4) is 0 Å². The van der Waals surface area contributed by atoms with Crippen LogP contribution in [0.2, 0.25) is 0 Å². The second-order valence-corrected chi connectivity index (χ2v) is 5.85. The van der Waals surface area contributed by atoms with Crippen molar-refractivity contribution in [2.75, 3.05) is 31.1 Å². The van der Waals surface area contributed by atoms with Crippen molar-refractivity contribution in [1.82, 2.24) is 10.3 Å². The molecule has 2 atom stereocenters. The summed E-state index contributed by atoms with van der Waals surface area (Å²) in [6.07, 6.45) is -1.91. The summed E-state index contributed by atoms with van der Waals surface area (Å²) in [5.41, 5.74) is -1.38. The van der Waals surface area contributed by atoms with E-state index in [1.807, 2.05) is 4.90 Å². The van der Waals surface area contributed by atoms with E-state index in [2.05, 4.69) is 10.3 Å². The molecule has 2 aliphatic rings. The third-order valence-corrected chi connectivity index (χ3v) is 4.54. The average Bonchev–Trinajstić information content (AvgIpc) is 2.45. The summed E-state index contributed by atoms with van der Waals surface area (Å²) in [5.74, 6) is 0.355. The number of aliphatic hydroxyl groups is 1. The number of anilines is 1. The summed E-state index contributed by atoms with van der Waals surface area (Å²) in [4.78, 5) is 5.90. The van der Waals surface area contributed by atoms with Gasteiger partial charge < -0.3 is 15.3 Å². The minimum absolute atomic E-state index is 0.0244. The molecule has 7 heteroatoms. The maximum atomic E-state index is 12.8. The Morgan fingerprint density at radius 3 is 2.95 bits per heavy atom. The zero-order valence-electron chi connectivity index (χ0n) is 11.5. The number of hydrogen-bond acceptors (Lipinski definition) is 4. The summed E-state index contributed by atoms with van der Waals surface area (Å²) in [6, 6.07) is 2.06. The largest absolute Gasteiger partial charge is 0.416 e. The van der Waals surface area contributed by atoms with E-state index in [9.17, 15) is 18.3 Å². The van der Waals surface area contributed by atoms with Gasteiger partial charge in [-0.3, -0.25) is 0 Å². The van der Waals surface area contributed by atoms with Gasteiger partial charge in [-0.05, 0) is 31.5 Å². The van der Waals surface area contributed by atoms with E-state index >= 15 is 0 Å². The van der Waals surface area contributed by atoms with E-state index in [1.54, 1.807) is 0 Å². The number of fused-ring (bicyclic) bond motifs is 1. The van der Waals surface area contributed by atoms with Crippen molar-refractivity contribution < 1.29 is 18.3 Å². The Kier molecular flexibility index (Phi) is 3.57. The zero-order valence-corrected chi connectivity index (χ0v) is 11.5. The number of pyridine rings is 1. The van der Waals surface area contributed by atoms with Crippen LogP contribution in [0, 0.1) is 5.92 Å². The van der Waals surface area contributed by atoms with Gasteiger partial charge in [-0.25, -0.2) is 4.98 Å². The lowest BCUT2D eigenvalue weighted by molar-refractivity contribution is -0.137. The van der Waals surface area contributed by atoms with Gasteiger partial charge in [-0.15, -0.1) is 0 Å². The standard InChI is InChI=1S/C14H18F3N3O/c15-14(16,17)10-1-4-19-12(7-10)20-6-3-13(21)2-5-18-8-11(13)9-20/h1,4,7,11,18,21H,2-3,5-6,8-9H2/t11-,13-/m0/s1. The molecule has 0 aliphatic carbocycles. The van der Waals surface area contributed by atoms with Crippen molar-refractivity contribution in [1.29, 1.82) is 0 Å². The molecule has 0 bridgehead atoms. The molecule has 0 spiro atoms. The van der Waals surface area contributed by atoms with Gasteiger partial charge in [0.25, 0.3) is 0 Å². The average molecular weight is 301 g/mol. The van der Waals surface area contributed by atoms with E-state index in [4.69, 9.17) is 0 Å². The molecule has 21 heavy (non-hydrogen) atoms. The maximum absolute atomic E-state index is 12.8. The van der Waals surface area contributed by atoms with Crippen LogP contribution >= 0.6 is 0 Å². The second kappa shape index (κ2) is 5.14. The highest BCUT2D eigenvalue weighted by Gasteiger charge is 2.43. The second-order valence-electron chi connectivity index (χ2n) is 5.85. The molecule has 1 aromatic rings. The van der Waals surface area contributed by atoms with Crippen LogP contribution < -0.4 is 10.2 Å². The van der Waals surface area contributed by atoms with Gasteiger partial charge in [0.2, 0.25) is 0 Å². The monoisotopic (exact) mass is 301 g/mol. The fraction of sp³-hybridized carbons (Fsp3) is 0.643. The molecule has 0 aromatic carbocycles. The van der Waals surface area contributed by atoms with Gasteiger partial charge in [0.15, 0.2) is 0 Å². The number of halogens is 3. The third kappa shape index (κ3) is 2.85. The minimum Gasteiger partial charge on any atom is -0.389 e. The van der Waals surface area contributed by atoms with Gasteiger partial charge in [0.1, 0.15) is 5.82 Å². The first-order valence-electron chi connectivity index (χ1n) is 7.10. The van der Waals surface area contributed by atoms with Crippen molar-refractivity contribution in [2.45, 2.75) is 24.6 Å². The molecule has 0 radical (unpaired) electrons. The first-order chi connectivity index (χ1) is 9.88. The van der Waals surface area contributed by atoms with Crippen LogP contribution in [0.1, 0.15) is 18.4 Å². The molecule has 0 unspecified atom stereocenters. The van der Waals surface area contributed by atoms with Crippen LogP contribution in [-0.4, -0.2) is 41.9 Å². The number of piperidine rings is 2. The van der Waals surface area contributed by atoms with Gasteiger partial charge in [-0.1, -0.05) is 0 Å². The van der Waals surface area contributed by atoms with Gasteiger partial charge in [0, 0.05) is 31.7 Å². The van der Waals surface area contributed by atoms with Gasteiger partial charge >= 0.3 is 6.18 Å². The number of nitrogens with zero attached hydrogens (tertiary/aromatic N) is 2. The van der Waals surface area contributed by atoms with Gasteiger partial charge in [0.05, 0.1) is 11.2 Å². The van der Waals surface area contributed by atoms with E-state index in [-0.39, 0.29) is 5.92 Å². The normalized spacial score (nSPS) is 30.1. The Balaban J connectivity index is 1.79. The summed E-state index contributed by atoms with van der Waals surface area (Å²) < 4.78 is 38.3. The van der Waals surface area contributed by atoms with Crippen LogP contribution in [0.4, 0.5) is 19.0 Å². The van der Waals surface area contributed by atoms with Crippen molar-refractivity contribution in [2.24, 2.45) is 5.92 Å². The molecule has 116 valence electrons. The van der Waals surface area contributed by atoms with Crippen LogP contribution in [0.15, 0.2) is 18.3 Å². The Bertz CT molecular complexity index is 522.